The van der Waals surface area contributed by atoms with Crippen LogP contribution in [0, 0.1) is 15.9 Å². The standard InChI is InChI=1S/C27H21BrFN3O7S/c1-2-38-22-10-17(21(28)13-23(22)39-15-16-6-8-20(9-7-16)32(36)37)11-24-26(34)31(27(35)40-24)14-25(33)30-19-5-3-4-18(29)12-19/h3-13H,2,14-15H2,1H3,(H,30,33)/b24-11+. The van der Waals surface area contributed by atoms with E-state index in [0.717, 1.165) is 11.0 Å². The van der Waals surface area contributed by atoms with Gasteiger partial charge in [0.2, 0.25) is 5.91 Å². The molecule has 0 aromatic heterocycles. The van der Waals surface area contributed by atoms with E-state index in [9.17, 15) is 28.9 Å². The number of halogens is 2. The van der Waals surface area contributed by atoms with Gasteiger partial charge in [-0.25, -0.2) is 4.39 Å². The fraction of sp³-hybridized carbons (Fsp3) is 0.148. The van der Waals surface area contributed by atoms with E-state index in [-0.39, 0.29) is 22.9 Å². The number of thioether (sulfide) groups is 1. The number of nitro groups is 1. The number of non-ortho nitro benzene ring substituents is 1. The molecular weight excluding hydrogens is 609 g/mol. The Hall–Kier alpha value is -4.23. The molecule has 40 heavy (non-hydrogen) atoms. The average Bonchev–Trinajstić information content (AvgIpc) is 3.17. The van der Waals surface area contributed by atoms with Gasteiger partial charge in [-0.1, -0.05) is 22.0 Å². The highest BCUT2D eigenvalue weighted by molar-refractivity contribution is 9.10. The summed E-state index contributed by atoms with van der Waals surface area (Å²) in [7, 11) is 0. The third-order valence-electron chi connectivity index (χ3n) is 5.47. The van der Waals surface area contributed by atoms with Gasteiger partial charge >= 0.3 is 0 Å². The van der Waals surface area contributed by atoms with E-state index in [1.54, 1.807) is 31.2 Å². The summed E-state index contributed by atoms with van der Waals surface area (Å²) in [4.78, 5) is 49.1. The molecule has 0 spiro atoms. The monoisotopic (exact) mass is 629 g/mol. The molecule has 1 N–H and O–H groups in total. The van der Waals surface area contributed by atoms with Crippen LogP contribution in [0.25, 0.3) is 6.08 Å². The maximum Gasteiger partial charge on any atom is 0.294 e. The summed E-state index contributed by atoms with van der Waals surface area (Å²) >= 11 is 4.14. The van der Waals surface area contributed by atoms with Crippen LogP contribution in [0.2, 0.25) is 0 Å². The van der Waals surface area contributed by atoms with Gasteiger partial charge in [-0.15, -0.1) is 0 Å². The first-order valence-electron chi connectivity index (χ1n) is 11.8. The van der Waals surface area contributed by atoms with Crippen LogP contribution in [0.15, 0.2) is 70.0 Å². The Bertz CT molecular complexity index is 1510. The molecule has 1 saturated heterocycles. The van der Waals surface area contributed by atoms with Crippen LogP contribution in [0.4, 0.5) is 20.6 Å². The lowest BCUT2D eigenvalue weighted by Crippen LogP contribution is -2.36. The van der Waals surface area contributed by atoms with Crippen LogP contribution < -0.4 is 14.8 Å². The van der Waals surface area contributed by atoms with Gasteiger partial charge in [0.1, 0.15) is 19.0 Å². The molecule has 0 aliphatic carbocycles. The van der Waals surface area contributed by atoms with Crippen LogP contribution in [-0.4, -0.2) is 40.0 Å². The van der Waals surface area contributed by atoms with E-state index in [2.05, 4.69) is 21.2 Å². The van der Waals surface area contributed by atoms with Gasteiger partial charge in [-0.05, 0) is 78.4 Å². The molecule has 4 rings (SSSR count). The van der Waals surface area contributed by atoms with Crippen LogP contribution in [0.1, 0.15) is 18.1 Å². The maximum atomic E-state index is 13.4. The highest BCUT2D eigenvalue weighted by atomic mass is 79.9. The normalized spacial score (nSPS) is 14.0. The number of amides is 3. The molecule has 13 heteroatoms. The lowest BCUT2D eigenvalue weighted by Gasteiger charge is -2.14. The molecule has 1 fully saturated rings. The van der Waals surface area contributed by atoms with Gasteiger partial charge < -0.3 is 14.8 Å². The van der Waals surface area contributed by atoms with Crippen LogP contribution in [0.3, 0.4) is 0 Å². The van der Waals surface area contributed by atoms with E-state index in [1.165, 1.54) is 36.4 Å². The molecule has 1 aliphatic heterocycles. The van der Waals surface area contributed by atoms with Crippen molar-refractivity contribution >= 4 is 62.2 Å². The number of anilines is 1. The number of ether oxygens (including phenoxy) is 2. The molecule has 3 aromatic carbocycles. The molecule has 0 atom stereocenters. The summed E-state index contributed by atoms with van der Waals surface area (Å²) in [6.45, 7) is 1.72. The largest absolute Gasteiger partial charge is 0.490 e. The highest BCUT2D eigenvalue weighted by Gasteiger charge is 2.36. The van der Waals surface area contributed by atoms with Crippen molar-refractivity contribution in [3.05, 3.63) is 97.1 Å². The molecule has 1 heterocycles. The maximum absolute atomic E-state index is 13.4. The first-order chi connectivity index (χ1) is 19.1. The molecule has 3 amide bonds. The number of nitro benzene ring substituents is 1. The zero-order valence-electron chi connectivity index (χ0n) is 20.9. The van der Waals surface area contributed by atoms with Gasteiger partial charge in [0.05, 0.1) is 16.4 Å². The molecular formula is C27H21BrFN3O7S. The zero-order valence-corrected chi connectivity index (χ0v) is 23.3. The van der Waals surface area contributed by atoms with E-state index >= 15 is 0 Å². The molecule has 206 valence electrons. The number of nitrogens with zero attached hydrogens (tertiary/aromatic N) is 2. The Labute approximate surface area is 240 Å². The molecule has 10 nitrogen and oxygen atoms in total. The summed E-state index contributed by atoms with van der Waals surface area (Å²) in [5, 5.41) is 12.7. The van der Waals surface area contributed by atoms with Crippen molar-refractivity contribution in [2.75, 3.05) is 18.5 Å². The second kappa shape index (κ2) is 12.7. The number of hydrogen-bond donors (Lipinski definition) is 1. The van der Waals surface area contributed by atoms with Crippen molar-refractivity contribution in [3.63, 3.8) is 0 Å². The second-order valence-electron chi connectivity index (χ2n) is 8.29. The second-order valence-corrected chi connectivity index (χ2v) is 10.1. The van der Waals surface area contributed by atoms with E-state index < -0.39 is 34.3 Å². The fourth-order valence-electron chi connectivity index (χ4n) is 3.61. The number of rotatable bonds is 10. The molecule has 3 aromatic rings. The van der Waals surface area contributed by atoms with Gasteiger partial charge in [0.15, 0.2) is 11.5 Å². The molecule has 0 unspecified atom stereocenters. The summed E-state index contributed by atoms with van der Waals surface area (Å²) in [6.07, 6.45) is 1.50. The first-order valence-corrected chi connectivity index (χ1v) is 13.4. The lowest BCUT2D eigenvalue weighted by atomic mass is 10.1. The summed E-state index contributed by atoms with van der Waals surface area (Å²) in [5.41, 5.74) is 1.42. The number of benzene rings is 3. The Morgan fingerprint density at radius 1 is 1.12 bits per heavy atom. The van der Waals surface area contributed by atoms with E-state index in [4.69, 9.17) is 9.47 Å². The fourth-order valence-corrected chi connectivity index (χ4v) is 4.87. The van der Waals surface area contributed by atoms with Crippen molar-refractivity contribution in [2.24, 2.45) is 0 Å². The van der Waals surface area contributed by atoms with Crippen LogP contribution in [-0.2, 0) is 16.2 Å². The predicted octanol–water partition coefficient (Wildman–Crippen LogP) is 6.15. The van der Waals surface area contributed by atoms with Crippen LogP contribution in [0.5, 0.6) is 11.5 Å². The number of carbonyl (C=O) groups is 3. The third-order valence-corrected chi connectivity index (χ3v) is 7.07. The van der Waals surface area contributed by atoms with Gasteiger partial charge in [0, 0.05) is 22.3 Å². The average molecular weight is 630 g/mol. The van der Waals surface area contributed by atoms with Gasteiger partial charge in [-0.2, -0.15) is 0 Å². The SMILES string of the molecule is CCOc1cc(/C=C2/SC(=O)N(CC(=O)Nc3cccc(F)c3)C2=O)c(Br)cc1OCc1ccc([N+](=O)[O-])cc1. The molecule has 1 aliphatic rings. The van der Waals surface area contributed by atoms with Crippen molar-refractivity contribution in [1.82, 2.24) is 4.90 Å². The zero-order chi connectivity index (χ0) is 28.8. The number of nitrogens with one attached hydrogen (secondary N) is 1. The Kier molecular flexibility index (Phi) is 9.17. The van der Waals surface area contributed by atoms with Crippen molar-refractivity contribution in [2.45, 2.75) is 13.5 Å². The summed E-state index contributed by atoms with van der Waals surface area (Å²) < 4.78 is 25.5. The highest BCUT2D eigenvalue weighted by Crippen LogP contribution is 2.38. The molecule has 0 radical (unpaired) electrons. The third kappa shape index (κ3) is 7.04. The first kappa shape index (κ1) is 28.8. The lowest BCUT2D eigenvalue weighted by molar-refractivity contribution is -0.384. The van der Waals surface area contributed by atoms with Crippen molar-refractivity contribution < 1.29 is 33.2 Å². The number of carbonyl (C=O) groups excluding carboxylic acids is 3. The Morgan fingerprint density at radius 2 is 1.85 bits per heavy atom. The minimum atomic E-state index is -0.650. The number of imide groups is 1. The van der Waals surface area contributed by atoms with E-state index in [0.29, 0.717) is 45.5 Å². The minimum absolute atomic E-state index is 0.0255. The number of hydrogen-bond acceptors (Lipinski definition) is 8. The van der Waals surface area contributed by atoms with Gasteiger partial charge in [0.25, 0.3) is 16.8 Å². The summed E-state index contributed by atoms with van der Waals surface area (Å²) in [5.74, 6) is -1.05. The van der Waals surface area contributed by atoms with Gasteiger partial charge in [-0.3, -0.25) is 29.4 Å². The van der Waals surface area contributed by atoms with E-state index in [1.807, 2.05) is 0 Å². The van der Waals surface area contributed by atoms with Crippen molar-refractivity contribution in [1.29, 1.82) is 0 Å². The van der Waals surface area contributed by atoms with Crippen LogP contribution >= 0.6 is 27.7 Å². The predicted molar refractivity (Wildman–Crippen MR) is 150 cm³/mol. The topological polar surface area (TPSA) is 128 Å². The smallest absolute Gasteiger partial charge is 0.294 e. The summed E-state index contributed by atoms with van der Waals surface area (Å²) in [6, 6.07) is 14.5. The minimum Gasteiger partial charge on any atom is -0.490 e. The molecule has 0 bridgehead atoms. The molecule has 0 saturated carbocycles. The Balaban J connectivity index is 1.48. The van der Waals surface area contributed by atoms with Crippen molar-refractivity contribution in [3.8, 4) is 11.5 Å². The Morgan fingerprint density at radius 3 is 2.52 bits per heavy atom. The quantitative estimate of drug-likeness (QED) is 0.161.